The largest absolute Gasteiger partial charge is 0.456 e. The van der Waals surface area contributed by atoms with Crippen LogP contribution < -0.4 is 25.0 Å². The van der Waals surface area contributed by atoms with Gasteiger partial charge in [-0.3, -0.25) is 0 Å². The second-order valence-electron chi connectivity index (χ2n) is 16.2. The fraction of sp³-hybridized carbons (Fsp3) is 0. The van der Waals surface area contributed by atoms with Crippen LogP contribution in [-0.2, 0) is 0 Å². The number of benzene rings is 11. The first kappa shape index (κ1) is 34.2. The first-order valence-corrected chi connectivity index (χ1v) is 22.8. The smallest absolute Gasteiger partial charge is 0.135 e. The Kier molecular flexibility index (Phi) is 7.51. The summed E-state index contributed by atoms with van der Waals surface area (Å²) in [4.78, 5) is 0. The Morgan fingerprint density at radius 3 is 1.49 bits per heavy atom. The van der Waals surface area contributed by atoms with Gasteiger partial charge in [0.1, 0.15) is 31.8 Å². The highest BCUT2D eigenvalue weighted by atomic mass is 28.3. The summed E-state index contributed by atoms with van der Waals surface area (Å²) in [5.41, 5.74) is 9.44. The molecule has 11 aromatic rings. The van der Waals surface area contributed by atoms with Crippen molar-refractivity contribution in [1.29, 1.82) is 0 Å². The lowest BCUT2D eigenvalue weighted by atomic mass is 9.83. The highest BCUT2D eigenvalue weighted by Crippen LogP contribution is 2.53. The standard InChI is InChI=1S/C58H36O2Si/c1-3-15-37(16-4-1)61(38-17-5-2-6-18-38)54-34-33-52-58-41(24-13-26-49(54)58)40-30-29-36(35-53(40)60-52)55-42-20-7-9-22-44(42)56(45-23-10-8-21-43(45)55)48-32-31-47-39-19-11-12-27-50(39)59-51-28-14-25-46(48)57(47)51/h1-35,61H. The molecule has 0 N–H and O–H groups in total. The molecule has 0 fully saturated rings. The van der Waals surface area contributed by atoms with Gasteiger partial charge in [0.05, 0.1) is 0 Å². The van der Waals surface area contributed by atoms with E-state index in [1.54, 1.807) is 0 Å². The zero-order chi connectivity index (χ0) is 40.0. The molecular weight excluding hydrogens is 757 g/mol. The average molecular weight is 793 g/mol. The van der Waals surface area contributed by atoms with E-state index in [9.17, 15) is 0 Å². The minimum Gasteiger partial charge on any atom is -0.456 e. The lowest BCUT2D eigenvalue weighted by Gasteiger charge is -2.26. The van der Waals surface area contributed by atoms with Crippen LogP contribution in [0, 0.1) is 0 Å². The van der Waals surface area contributed by atoms with Gasteiger partial charge < -0.3 is 9.47 Å². The van der Waals surface area contributed by atoms with Crippen LogP contribution in [0.25, 0.3) is 87.6 Å². The fourth-order valence-corrected chi connectivity index (χ4v) is 13.6. The monoisotopic (exact) mass is 792 g/mol. The maximum Gasteiger partial charge on any atom is 0.135 e. The highest BCUT2D eigenvalue weighted by molar-refractivity contribution is 6.96. The third-order valence-corrected chi connectivity index (χ3v) is 16.2. The van der Waals surface area contributed by atoms with E-state index in [1.807, 2.05) is 6.07 Å². The Hall–Kier alpha value is -7.72. The van der Waals surface area contributed by atoms with Gasteiger partial charge in [-0.15, -0.1) is 0 Å². The number of rotatable bonds is 5. The quantitative estimate of drug-likeness (QED) is 0.0982. The zero-order valence-corrected chi connectivity index (χ0v) is 34.3. The Balaban J connectivity index is 0.988. The van der Waals surface area contributed by atoms with E-state index in [2.05, 4.69) is 206 Å². The van der Waals surface area contributed by atoms with Crippen molar-refractivity contribution in [2.24, 2.45) is 0 Å². The minimum atomic E-state index is -1.79. The number of ether oxygens (including phenoxy) is 2. The molecule has 0 atom stereocenters. The van der Waals surface area contributed by atoms with Crippen molar-refractivity contribution in [3.8, 4) is 67.5 Å². The van der Waals surface area contributed by atoms with Gasteiger partial charge in [0, 0.05) is 21.9 Å². The Morgan fingerprint density at radius 2 is 0.754 bits per heavy atom. The van der Waals surface area contributed by atoms with E-state index in [-0.39, 0.29) is 0 Å². The van der Waals surface area contributed by atoms with Gasteiger partial charge in [0.2, 0.25) is 0 Å². The predicted molar refractivity (Wildman–Crippen MR) is 257 cm³/mol. The molecule has 0 unspecified atom stereocenters. The lowest BCUT2D eigenvalue weighted by molar-refractivity contribution is 0.487. The van der Waals surface area contributed by atoms with Crippen molar-refractivity contribution >= 4 is 67.4 Å². The van der Waals surface area contributed by atoms with Crippen molar-refractivity contribution in [2.75, 3.05) is 0 Å². The maximum atomic E-state index is 6.99. The van der Waals surface area contributed by atoms with Gasteiger partial charge in [-0.25, -0.2) is 0 Å². The zero-order valence-electron chi connectivity index (χ0n) is 33.1. The summed E-state index contributed by atoms with van der Waals surface area (Å²) >= 11 is 0. The van der Waals surface area contributed by atoms with Gasteiger partial charge in [-0.1, -0.05) is 192 Å². The summed E-state index contributed by atoms with van der Waals surface area (Å²) in [7, 11) is -1.79. The first-order valence-electron chi connectivity index (χ1n) is 21.0. The Morgan fingerprint density at radius 1 is 0.279 bits per heavy atom. The minimum absolute atomic E-state index is 0.881. The van der Waals surface area contributed by atoms with E-state index in [1.165, 1.54) is 81.1 Å². The van der Waals surface area contributed by atoms with Gasteiger partial charge in [0.25, 0.3) is 0 Å². The molecule has 2 aliphatic rings. The molecule has 0 aromatic heterocycles. The van der Waals surface area contributed by atoms with E-state index in [0.717, 1.165) is 45.1 Å². The first-order chi connectivity index (χ1) is 30.3. The van der Waals surface area contributed by atoms with Crippen LogP contribution >= 0.6 is 0 Å². The SMILES string of the molecule is c1ccc([SiH](c2ccccc2)c2ccc3c4c(cccc24)-c2ccc(-c4c5ccccc5c(-c5ccc6c7c(cccc57)Oc5ccccc5-6)c5ccccc45)cc2O3)cc1. The molecule has 0 spiro atoms. The summed E-state index contributed by atoms with van der Waals surface area (Å²) in [5, 5.41) is 13.9. The molecule has 0 saturated carbocycles. The number of para-hydroxylation sites is 1. The third kappa shape index (κ3) is 5.14. The van der Waals surface area contributed by atoms with Gasteiger partial charge in [-0.2, -0.15) is 0 Å². The average Bonchev–Trinajstić information content (AvgIpc) is 3.32. The molecule has 11 aromatic carbocycles. The summed E-state index contributed by atoms with van der Waals surface area (Å²) in [5.74, 6) is 3.59. The van der Waals surface area contributed by atoms with E-state index < -0.39 is 8.80 Å². The molecule has 0 saturated heterocycles. The molecule has 13 rings (SSSR count). The summed E-state index contributed by atoms with van der Waals surface area (Å²) in [6.07, 6.45) is 0. The van der Waals surface area contributed by atoms with Crippen LogP contribution in [0.5, 0.6) is 23.0 Å². The van der Waals surface area contributed by atoms with Crippen molar-refractivity contribution < 1.29 is 9.47 Å². The number of hydrogen-bond donors (Lipinski definition) is 0. The molecule has 0 amide bonds. The van der Waals surface area contributed by atoms with Crippen LogP contribution in [0.15, 0.2) is 212 Å². The van der Waals surface area contributed by atoms with Gasteiger partial charge in [-0.05, 0) is 101 Å². The van der Waals surface area contributed by atoms with Crippen LogP contribution in [0.1, 0.15) is 0 Å². The lowest BCUT2D eigenvalue weighted by Crippen LogP contribution is -2.52. The van der Waals surface area contributed by atoms with E-state index in [0.29, 0.717) is 0 Å². The molecule has 2 heterocycles. The van der Waals surface area contributed by atoms with Gasteiger partial charge in [0.15, 0.2) is 0 Å². The molecular formula is C58H36O2Si. The molecule has 2 aliphatic heterocycles. The Labute approximate surface area is 355 Å². The molecule has 61 heavy (non-hydrogen) atoms. The highest BCUT2D eigenvalue weighted by Gasteiger charge is 2.28. The fourth-order valence-electron chi connectivity index (χ4n) is 10.4. The molecule has 2 nitrogen and oxygen atoms in total. The third-order valence-electron chi connectivity index (χ3n) is 13.0. The van der Waals surface area contributed by atoms with Crippen LogP contribution in [-0.4, -0.2) is 8.80 Å². The number of hydrogen-bond acceptors (Lipinski definition) is 2. The van der Waals surface area contributed by atoms with Crippen molar-refractivity contribution in [3.05, 3.63) is 212 Å². The van der Waals surface area contributed by atoms with Crippen molar-refractivity contribution in [3.63, 3.8) is 0 Å². The summed E-state index contributed by atoms with van der Waals surface area (Å²) in [6.45, 7) is 0. The summed E-state index contributed by atoms with van der Waals surface area (Å²) in [6, 6.07) is 77.5. The van der Waals surface area contributed by atoms with Crippen molar-refractivity contribution in [1.82, 2.24) is 0 Å². The van der Waals surface area contributed by atoms with E-state index >= 15 is 0 Å². The van der Waals surface area contributed by atoms with Crippen LogP contribution in [0.3, 0.4) is 0 Å². The Bertz CT molecular complexity index is 3500. The molecule has 0 bridgehead atoms. The normalized spacial score (nSPS) is 12.3. The van der Waals surface area contributed by atoms with Crippen molar-refractivity contribution in [2.45, 2.75) is 0 Å². The summed E-state index contributed by atoms with van der Waals surface area (Å²) < 4.78 is 13.5. The van der Waals surface area contributed by atoms with Crippen LogP contribution in [0.4, 0.5) is 0 Å². The predicted octanol–water partition coefficient (Wildman–Crippen LogP) is 13.4. The second kappa shape index (κ2) is 13.4. The van der Waals surface area contributed by atoms with Gasteiger partial charge >= 0.3 is 0 Å². The molecule has 284 valence electrons. The maximum absolute atomic E-state index is 6.99. The second-order valence-corrected chi connectivity index (χ2v) is 19.0. The molecule has 3 heteroatoms. The molecule has 0 aliphatic carbocycles. The van der Waals surface area contributed by atoms with E-state index in [4.69, 9.17) is 9.47 Å². The van der Waals surface area contributed by atoms with Crippen LogP contribution in [0.2, 0.25) is 0 Å². The topological polar surface area (TPSA) is 18.5 Å². The molecule has 0 radical (unpaired) electrons. The number of fused-ring (bicyclic) bond motifs is 6.